The lowest BCUT2D eigenvalue weighted by Gasteiger charge is -2.08. The van der Waals surface area contributed by atoms with Crippen LogP contribution in [0.3, 0.4) is 0 Å². The van der Waals surface area contributed by atoms with E-state index in [0.29, 0.717) is 11.4 Å². The Balaban J connectivity index is 1.84. The number of nitrogens with zero attached hydrogens (tertiary/aromatic N) is 2. The zero-order valence-corrected chi connectivity index (χ0v) is 12.6. The Kier molecular flexibility index (Phi) is 5.56. The smallest absolute Gasteiger partial charge is 0.471 e. The van der Waals surface area contributed by atoms with Crippen LogP contribution in [0.5, 0.6) is 11.6 Å². The van der Waals surface area contributed by atoms with Gasteiger partial charge >= 0.3 is 12.1 Å². The second-order valence-electron chi connectivity index (χ2n) is 4.59. The number of methoxy groups -OCH3 is 1. The molecule has 0 aliphatic heterocycles. The summed E-state index contributed by atoms with van der Waals surface area (Å²) in [5.41, 5.74) is 1.43. The van der Waals surface area contributed by atoms with Crippen molar-refractivity contribution in [1.29, 1.82) is 0 Å². The highest BCUT2D eigenvalue weighted by molar-refractivity contribution is 5.81. The van der Waals surface area contributed by atoms with E-state index in [9.17, 15) is 18.0 Å². The Morgan fingerprint density at radius 3 is 2.38 bits per heavy atom. The van der Waals surface area contributed by atoms with E-state index in [1.54, 1.807) is 30.6 Å². The Morgan fingerprint density at radius 2 is 1.83 bits per heavy atom. The number of ether oxygens (including phenoxy) is 2. The molecule has 128 valence electrons. The van der Waals surface area contributed by atoms with Crippen LogP contribution in [0.1, 0.15) is 0 Å². The molecule has 2 rings (SSSR count). The van der Waals surface area contributed by atoms with Crippen LogP contribution in [0.15, 0.2) is 36.4 Å². The summed E-state index contributed by atoms with van der Waals surface area (Å²) >= 11 is 0. The third-order valence-corrected chi connectivity index (χ3v) is 2.92. The Labute approximate surface area is 135 Å². The minimum absolute atomic E-state index is 0.147. The van der Waals surface area contributed by atoms with Gasteiger partial charge in [-0.25, -0.2) is 0 Å². The fraction of sp³-hybridized carbons (Fsp3) is 0.267. The molecule has 9 heteroatoms. The number of nitrogens with one attached hydrogen (secondary N) is 1. The summed E-state index contributed by atoms with van der Waals surface area (Å²) in [6, 6.07) is 10.4. The van der Waals surface area contributed by atoms with E-state index in [1.807, 2.05) is 12.1 Å². The van der Waals surface area contributed by atoms with Crippen molar-refractivity contribution in [3.05, 3.63) is 36.4 Å². The SMILES string of the molecule is COc1ccc(-c2ccc(OCCNC(=O)C(F)(F)F)nn2)cc1. The highest BCUT2D eigenvalue weighted by Crippen LogP contribution is 2.21. The molecule has 0 atom stereocenters. The van der Waals surface area contributed by atoms with Gasteiger partial charge in [0.1, 0.15) is 12.4 Å². The largest absolute Gasteiger partial charge is 0.497 e. The topological polar surface area (TPSA) is 73.3 Å². The van der Waals surface area contributed by atoms with Gasteiger partial charge in [0.2, 0.25) is 5.88 Å². The molecule has 0 aliphatic carbocycles. The van der Waals surface area contributed by atoms with Crippen LogP contribution in [0.2, 0.25) is 0 Å². The fourth-order valence-electron chi connectivity index (χ4n) is 1.73. The van der Waals surface area contributed by atoms with Crippen LogP contribution in [-0.2, 0) is 4.79 Å². The number of aromatic nitrogens is 2. The summed E-state index contributed by atoms with van der Waals surface area (Å²) in [6.45, 7) is -0.446. The molecule has 1 amide bonds. The quantitative estimate of drug-likeness (QED) is 0.816. The van der Waals surface area contributed by atoms with Crippen molar-refractivity contribution < 1.29 is 27.4 Å². The molecule has 1 aromatic carbocycles. The molecule has 0 bridgehead atoms. The molecule has 1 heterocycles. The van der Waals surface area contributed by atoms with Crippen molar-refractivity contribution in [2.75, 3.05) is 20.3 Å². The summed E-state index contributed by atoms with van der Waals surface area (Å²) < 4.78 is 46.1. The maximum Gasteiger partial charge on any atom is 0.471 e. The van der Waals surface area contributed by atoms with Crippen molar-refractivity contribution in [2.24, 2.45) is 0 Å². The first-order valence-electron chi connectivity index (χ1n) is 6.86. The zero-order valence-electron chi connectivity index (χ0n) is 12.6. The molecule has 2 aromatic rings. The molecule has 1 aromatic heterocycles. The molecule has 1 N–H and O–H groups in total. The van der Waals surface area contributed by atoms with Gasteiger partial charge in [-0.05, 0) is 30.3 Å². The Bertz CT molecular complexity index is 673. The maximum atomic E-state index is 12.0. The first-order valence-corrected chi connectivity index (χ1v) is 6.86. The van der Waals surface area contributed by atoms with E-state index in [1.165, 1.54) is 6.07 Å². The second kappa shape index (κ2) is 7.62. The monoisotopic (exact) mass is 341 g/mol. The van der Waals surface area contributed by atoms with Crippen molar-refractivity contribution in [2.45, 2.75) is 6.18 Å². The minimum atomic E-state index is -4.90. The van der Waals surface area contributed by atoms with Crippen LogP contribution in [0.25, 0.3) is 11.3 Å². The van der Waals surface area contributed by atoms with Gasteiger partial charge in [-0.1, -0.05) is 0 Å². The van der Waals surface area contributed by atoms with Gasteiger partial charge in [0, 0.05) is 11.6 Å². The van der Waals surface area contributed by atoms with E-state index in [-0.39, 0.29) is 19.0 Å². The third-order valence-electron chi connectivity index (χ3n) is 2.92. The summed E-state index contributed by atoms with van der Waals surface area (Å²) in [5.74, 6) is -1.15. The lowest BCUT2D eigenvalue weighted by atomic mass is 10.1. The number of carbonyl (C=O) groups excluding carboxylic acids is 1. The number of hydrogen-bond acceptors (Lipinski definition) is 5. The van der Waals surface area contributed by atoms with E-state index in [2.05, 4.69) is 10.2 Å². The molecule has 0 fully saturated rings. The van der Waals surface area contributed by atoms with Gasteiger partial charge in [0.15, 0.2) is 0 Å². The maximum absolute atomic E-state index is 12.0. The first-order chi connectivity index (χ1) is 11.4. The number of carbonyl (C=O) groups is 1. The van der Waals surface area contributed by atoms with Gasteiger partial charge in [0.25, 0.3) is 0 Å². The van der Waals surface area contributed by atoms with Gasteiger partial charge in [-0.15, -0.1) is 10.2 Å². The standard InChI is InChI=1S/C15H14F3N3O3/c1-23-11-4-2-10(3-5-11)12-6-7-13(21-20-12)24-9-8-19-14(22)15(16,17)18/h2-7H,8-9H2,1H3,(H,19,22). The molecule has 0 saturated heterocycles. The Morgan fingerprint density at radius 1 is 1.12 bits per heavy atom. The van der Waals surface area contributed by atoms with Crippen molar-refractivity contribution >= 4 is 5.91 Å². The molecule has 6 nitrogen and oxygen atoms in total. The van der Waals surface area contributed by atoms with Crippen molar-refractivity contribution in [1.82, 2.24) is 15.5 Å². The number of halogens is 3. The highest BCUT2D eigenvalue weighted by atomic mass is 19.4. The van der Waals surface area contributed by atoms with Gasteiger partial charge in [-0.2, -0.15) is 13.2 Å². The summed E-state index contributed by atoms with van der Waals surface area (Å²) in [5, 5.41) is 9.49. The summed E-state index contributed by atoms with van der Waals surface area (Å²) in [7, 11) is 1.57. The normalized spacial score (nSPS) is 11.0. The van der Waals surface area contributed by atoms with E-state index < -0.39 is 12.1 Å². The van der Waals surface area contributed by atoms with Gasteiger partial charge in [-0.3, -0.25) is 4.79 Å². The first kappa shape index (κ1) is 17.5. The second-order valence-corrected chi connectivity index (χ2v) is 4.59. The van der Waals surface area contributed by atoms with Gasteiger partial charge in [0.05, 0.1) is 19.3 Å². The molecule has 0 radical (unpaired) electrons. The van der Waals surface area contributed by atoms with E-state index in [4.69, 9.17) is 9.47 Å². The van der Waals surface area contributed by atoms with Crippen LogP contribution in [0.4, 0.5) is 13.2 Å². The molecular formula is C15H14F3N3O3. The average molecular weight is 341 g/mol. The summed E-state index contributed by atoms with van der Waals surface area (Å²) in [6.07, 6.45) is -4.90. The number of rotatable bonds is 6. The van der Waals surface area contributed by atoms with Crippen LogP contribution in [0, 0.1) is 0 Å². The molecule has 0 saturated carbocycles. The predicted molar refractivity (Wildman–Crippen MR) is 78.6 cm³/mol. The lowest BCUT2D eigenvalue weighted by Crippen LogP contribution is -2.38. The van der Waals surface area contributed by atoms with E-state index in [0.717, 1.165) is 5.56 Å². The zero-order chi connectivity index (χ0) is 17.6. The lowest BCUT2D eigenvalue weighted by molar-refractivity contribution is -0.173. The fourth-order valence-corrected chi connectivity index (χ4v) is 1.73. The minimum Gasteiger partial charge on any atom is -0.497 e. The number of amides is 1. The number of hydrogen-bond donors (Lipinski definition) is 1. The van der Waals surface area contributed by atoms with Crippen molar-refractivity contribution in [3.63, 3.8) is 0 Å². The third kappa shape index (κ3) is 4.83. The van der Waals surface area contributed by atoms with Crippen LogP contribution < -0.4 is 14.8 Å². The summed E-state index contributed by atoms with van der Waals surface area (Å²) in [4.78, 5) is 10.6. The van der Waals surface area contributed by atoms with Crippen molar-refractivity contribution in [3.8, 4) is 22.9 Å². The molecule has 24 heavy (non-hydrogen) atoms. The van der Waals surface area contributed by atoms with Crippen LogP contribution in [-0.4, -0.2) is 42.5 Å². The molecule has 0 unspecified atom stereocenters. The molecule has 0 aliphatic rings. The Hall–Kier alpha value is -2.84. The number of alkyl halides is 3. The average Bonchev–Trinajstić information content (AvgIpc) is 2.58. The number of benzene rings is 1. The molecule has 0 spiro atoms. The van der Waals surface area contributed by atoms with Crippen LogP contribution >= 0.6 is 0 Å². The van der Waals surface area contributed by atoms with Gasteiger partial charge < -0.3 is 14.8 Å². The predicted octanol–water partition coefficient (Wildman–Crippen LogP) is 2.21. The van der Waals surface area contributed by atoms with E-state index >= 15 is 0 Å². The molecular weight excluding hydrogens is 327 g/mol. The highest BCUT2D eigenvalue weighted by Gasteiger charge is 2.38.